The molecule has 11 heteroatoms. The number of benzene rings is 2. The maximum absolute atomic E-state index is 14.7. The first-order valence-electron chi connectivity index (χ1n) is 15.6. The Bertz CT molecular complexity index is 1670. The van der Waals surface area contributed by atoms with Crippen LogP contribution in [0.5, 0.6) is 5.75 Å². The van der Waals surface area contributed by atoms with E-state index in [0.717, 1.165) is 29.7 Å². The molecule has 2 N–H and O–H groups in total. The maximum atomic E-state index is 14.7. The molecule has 4 heterocycles. The summed E-state index contributed by atoms with van der Waals surface area (Å²) in [5, 5.41) is 9.82. The molecular formula is C34H41N3O7Si. The molecule has 3 aliphatic rings. The van der Waals surface area contributed by atoms with Crippen LogP contribution in [0.25, 0.3) is 5.69 Å². The number of amides is 2. The summed E-state index contributed by atoms with van der Waals surface area (Å²) in [5.41, 5.74) is 0.896. The highest BCUT2D eigenvalue weighted by atomic mass is 28.4. The number of hydrogen-bond acceptors (Lipinski definition) is 7. The number of aliphatic hydroxyl groups excluding tert-OH is 1. The topological polar surface area (TPSA) is 122 Å². The van der Waals surface area contributed by atoms with Gasteiger partial charge in [0.2, 0.25) is 5.91 Å². The Balaban J connectivity index is 1.34. The second-order valence-electron chi connectivity index (χ2n) is 13.0. The lowest BCUT2D eigenvalue weighted by molar-refractivity contribution is -0.150. The number of pyridine rings is 1. The minimum Gasteiger partial charge on any atom is -0.491 e. The number of ether oxygens (including phenoxy) is 2. The molecule has 2 fully saturated rings. The van der Waals surface area contributed by atoms with Gasteiger partial charge < -0.3 is 29.2 Å². The summed E-state index contributed by atoms with van der Waals surface area (Å²) < 4.78 is 13.5. The van der Waals surface area contributed by atoms with Gasteiger partial charge in [-0.15, -0.1) is 0 Å². The van der Waals surface area contributed by atoms with Crippen molar-refractivity contribution in [1.29, 1.82) is 0 Å². The van der Waals surface area contributed by atoms with Crippen molar-refractivity contribution in [3.8, 4) is 11.4 Å². The number of carbonyl (C=O) groups is 2. The van der Waals surface area contributed by atoms with Gasteiger partial charge in [-0.25, -0.2) is 0 Å². The average Bonchev–Trinajstić information content (AvgIpc) is 3.68. The third-order valence-electron chi connectivity index (χ3n) is 9.84. The fourth-order valence-electron chi connectivity index (χ4n) is 7.85. The first kappa shape index (κ1) is 31.2. The normalized spacial score (nSPS) is 26.1. The van der Waals surface area contributed by atoms with Crippen LogP contribution in [0.15, 0.2) is 71.7 Å². The van der Waals surface area contributed by atoms with Crippen LogP contribution in [0.1, 0.15) is 37.3 Å². The summed E-state index contributed by atoms with van der Waals surface area (Å²) in [7, 11) is -1.48. The van der Waals surface area contributed by atoms with Gasteiger partial charge in [0.05, 0.1) is 44.5 Å². The molecule has 1 spiro atoms. The van der Waals surface area contributed by atoms with E-state index in [1.54, 1.807) is 28.1 Å². The fourth-order valence-corrected chi connectivity index (χ4v) is 10.4. The minimum absolute atomic E-state index is 0.0387. The number of anilines is 1. The van der Waals surface area contributed by atoms with E-state index >= 15 is 0 Å². The number of likely N-dealkylation sites (tertiary alicyclic amines) is 1. The number of rotatable bonds is 8. The Labute approximate surface area is 263 Å². The summed E-state index contributed by atoms with van der Waals surface area (Å²) in [5.74, 6) is -0.512. The summed E-state index contributed by atoms with van der Waals surface area (Å²) in [4.78, 5) is 56.1. The SMILES string of the molecule is COc1cccn(-c2cccc(CN3C(=O)[C@@]4(O[C@@H](CC(=O)N5CCC[C@H]5CO)[C@H]([Si](C)(C)O)[C@H]4C)c4ccccc43)c2)c1=O. The van der Waals surface area contributed by atoms with Gasteiger partial charge in [0.1, 0.15) is 0 Å². The van der Waals surface area contributed by atoms with Crippen molar-refractivity contribution in [2.45, 2.75) is 69.1 Å². The van der Waals surface area contributed by atoms with E-state index in [-0.39, 0.29) is 54.3 Å². The van der Waals surface area contributed by atoms with Crippen molar-refractivity contribution in [3.05, 3.63) is 88.3 Å². The predicted octanol–water partition coefficient (Wildman–Crippen LogP) is 3.56. The average molecular weight is 632 g/mol. The second-order valence-corrected chi connectivity index (χ2v) is 16.9. The third kappa shape index (κ3) is 5.21. The molecule has 0 bridgehead atoms. The van der Waals surface area contributed by atoms with Gasteiger partial charge in [0.25, 0.3) is 11.5 Å². The summed E-state index contributed by atoms with van der Waals surface area (Å²) in [6.45, 7) is 6.38. The molecule has 0 radical (unpaired) electrons. The van der Waals surface area contributed by atoms with Gasteiger partial charge in [-0.1, -0.05) is 37.3 Å². The summed E-state index contributed by atoms with van der Waals surface area (Å²) in [6.07, 6.45) is 2.65. The molecule has 2 saturated heterocycles. The fraction of sp³-hybridized carbons (Fsp3) is 0.441. The monoisotopic (exact) mass is 631 g/mol. The number of nitrogens with zero attached hydrogens (tertiary/aromatic N) is 3. The van der Waals surface area contributed by atoms with Crippen LogP contribution < -0.4 is 15.2 Å². The van der Waals surface area contributed by atoms with Gasteiger partial charge >= 0.3 is 0 Å². The minimum atomic E-state index is -2.94. The molecular weight excluding hydrogens is 590 g/mol. The van der Waals surface area contributed by atoms with Crippen molar-refractivity contribution >= 4 is 25.8 Å². The largest absolute Gasteiger partial charge is 0.491 e. The molecule has 6 rings (SSSR count). The molecule has 3 aromatic rings. The standard InChI is InChI=1S/C34H41N3O7Si/c1-22-31(45(3,4)42)29(19-30(39)35-16-8-12-25(35)21-38)44-34(22)26-13-5-6-14-27(26)37(33(34)41)20-23-10-7-11-24(18-23)36-17-9-15-28(43-2)32(36)40/h5-7,9-11,13-15,17-18,22,25,29,31,38,42H,8,12,16,19-21H2,1-4H3/t22-,25+,29+,31-,34+/m1/s1. The van der Waals surface area contributed by atoms with Crippen LogP contribution >= 0.6 is 0 Å². The molecule has 5 atom stereocenters. The molecule has 10 nitrogen and oxygen atoms in total. The summed E-state index contributed by atoms with van der Waals surface area (Å²) >= 11 is 0. The lowest BCUT2D eigenvalue weighted by Crippen LogP contribution is -2.46. The number of aliphatic hydroxyl groups is 1. The smallest absolute Gasteiger partial charge is 0.297 e. The van der Waals surface area contributed by atoms with Gasteiger partial charge in [-0.05, 0) is 61.8 Å². The van der Waals surface area contributed by atoms with Crippen molar-refractivity contribution in [2.75, 3.05) is 25.2 Å². The van der Waals surface area contributed by atoms with Crippen molar-refractivity contribution in [3.63, 3.8) is 0 Å². The molecule has 1 aromatic heterocycles. The third-order valence-corrected chi connectivity index (χ3v) is 12.3. The van der Waals surface area contributed by atoms with E-state index in [4.69, 9.17) is 9.47 Å². The highest BCUT2D eigenvalue weighted by Crippen LogP contribution is 2.59. The van der Waals surface area contributed by atoms with Crippen molar-refractivity contribution in [2.24, 2.45) is 5.92 Å². The van der Waals surface area contributed by atoms with E-state index in [9.17, 15) is 24.3 Å². The maximum Gasteiger partial charge on any atom is 0.297 e. The highest BCUT2D eigenvalue weighted by molar-refractivity contribution is 6.71. The van der Waals surface area contributed by atoms with Gasteiger partial charge in [0.15, 0.2) is 19.7 Å². The van der Waals surface area contributed by atoms with Crippen LogP contribution in [0, 0.1) is 5.92 Å². The summed E-state index contributed by atoms with van der Waals surface area (Å²) in [6, 6.07) is 18.2. The molecule has 2 amide bonds. The Morgan fingerprint density at radius 1 is 1.11 bits per heavy atom. The van der Waals surface area contributed by atoms with E-state index in [1.165, 1.54) is 11.7 Å². The first-order valence-corrected chi connectivity index (χ1v) is 18.6. The van der Waals surface area contributed by atoms with Gasteiger partial charge in [-0.3, -0.25) is 19.0 Å². The molecule has 2 aromatic carbocycles. The molecule has 0 aliphatic carbocycles. The van der Waals surface area contributed by atoms with Gasteiger partial charge in [0, 0.05) is 35.5 Å². The molecule has 3 aliphatic heterocycles. The number of carbonyl (C=O) groups excluding carboxylic acids is 2. The number of para-hydroxylation sites is 1. The number of hydrogen-bond donors (Lipinski definition) is 2. The lowest BCUT2D eigenvalue weighted by Gasteiger charge is -2.32. The number of fused-ring (bicyclic) bond motifs is 2. The van der Waals surface area contributed by atoms with Crippen LogP contribution in [0.3, 0.4) is 0 Å². The van der Waals surface area contributed by atoms with E-state index < -0.39 is 25.9 Å². The highest BCUT2D eigenvalue weighted by Gasteiger charge is 2.66. The zero-order chi connectivity index (χ0) is 32.1. The molecule has 238 valence electrons. The molecule has 0 unspecified atom stereocenters. The van der Waals surface area contributed by atoms with Crippen LogP contribution in [0.4, 0.5) is 5.69 Å². The Morgan fingerprint density at radius 2 is 1.89 bits per heavy atom. The Hall–Kier alpha value is -3.77. The molecule has 45 heavy (non-hydrogen) atoms. The van der Waals surface area contributed by atoms with Crippen LogP contribution in [-0.4, -0.2) is 71.9 Å². The zero-order valence-corrected chi connectivity index (χ0v) is 27.2. The number of aromatic nitrogens is 1. The Morgan fingerprint density at radius 3 is 2.62 bits per heavy atom. The van der Waals surface area contributed by atoms with Crippen molar-refractivity contribution < 1.29 is 29.0 Å². The lowest BCUT2D eigenvalue weighted by atomic mass is 9.82. The van der Waals surface area contributed by atoms with E-state index in [1.807, 2.05) is 68.5 Å². The number of methoxy groups -OCH3 is 1. The first-order chi connectivity index (χ1) is 21.5. The van der Waals surface area contributed by atoms with Gasteiger partial charge in [-0.2, -0.15) is 0 Å². The van der Waals surface area contributed by atoms with E-state index in [2.05, 4.69) is 0 Å². The Kier molecular flexibility index (Phi) is 8.23. The second kappa shape index (κ2) is 11.9. The van der Waals surface area contributed by atoms with E-state index in [0.29, 0.717) is 12.2 Å². The predicted molar refractivity (Wildman–Crippen MR) is 172 cm³/mol. The van der Waals surface area contributed by atoms with Crippen LogP contribution in [-0.2, 0) is 26.5 Å². The quantitative estimate of drug-likeness (QED) is 0.365. The molecule has 0 saturated carbocycles. The zero-order valence-electron chi connectivity index (χ0n) is 26.2. The van der Waals surface area contributed by atoms with Crippen LogP contribution in [0.2, 0.25) is 18.6 Å². The van der Waals surface area contributed by atoms with Crippen molar-refractivity contribution in [1.82, 2.24) is 9.47 Å².